The number of aliphatic imine (C=N–C) groups is 1. The zero-order chi connectivity index (χ0) is 24.7. The van der Waals surface area contributed by atoms with Crippen molar-refractivity contribution in [2.75, 3.05) is 19.6 Å². The van der Waals surface area contributed by atoms with Gasteiger partial charge in [-0.1, -0.05) is 20.3 Å². The average Bonchev–Trinajstić information content (AvgIpc) is 2.71. The number of hydrogen-bond donors (Lipinski definition) is 8. The topological polar surface area (TPSA) is 241 Å². The van der Waals surface area contributed by atoms with Crippen LogP contribution < -0.4 is 38.9 Å². The van der Waals surface area contributed by atoms with Crippen LogP contribution in [-0.2, 0) is 19.2 Å². The van der Waals surface area contributed by atoms with Gasteiger partial charge in [0.15, 0.2) is 5.96 Å². The van der Waals surface area contributed by atoms with E-state index in [9.17, 15) is 24.3 Å². The van der Waals surface area contributed by atoms with Gasteiger partial charge in [-0.2, -0.15) is 0 Å². The first-order chi connectivity index (χ1) is 15.0. The number of unbranched alkanes of at least 4 members (excludes halogenated alkanes) is 1. The van der Waals surface area contributed by atoms with Crippen LogP contribution in [0.2, 0.25) is 0 Å². The molecule has 32 heavy (non-hydrogen) atoms. The van der Waals surface area contributed by atoms with Crippen LogP contribution in [0.5, 0.6) is 0 Å². The van der Waals surface area contributed by atoms with Crippen LogP contribution in [0, 0.1) is 5.92 Å². The van der Waals surface area contributed by atoms with E-state index < -0.39 is 48.4 Å². The lowest BCUT2D eigenvalue weighted by Gasteiger charge is -2.23. The van der Waals surface area contributed by atoms with E-state index in [4.69, 9.17) is 22.9 Å². The molecule has 0 rings (SSSR count). The second-order valence-corrected chi connectivity index (χ2v) is 7.75. The van der Waals surface area contributed by atoms with Crippen molar-refractivity contribution in [3.63, 3.8) is 0 Å². The maximum Gasteiger partial charge on any atom is 0.326 e. The number of carbonyl (C=O) groups excluding carboxylic acids is 3. The summed E-state index contributed by atoms with van der Waals surface area (Å²) in [7, 11) is 0. The first-order valence-electron chi connectivity index (χ1n) is 10.6. The largest absolute Gasteiger partial charge is 0.480 e. The van der Waals surface area contributed by atoms with Crippen LogP contribution in [-0.4, -0.2) is 72.5 Å². The number of carboxylic acid groups (broad SMARTS) is 1. The third-order valence-corrected chi connectivity index (χ3v) is 4.55. The number of amides is 3. The van der Waals surface area contributed by atoms with Crippen molar-refractivity contribution in [2.45, 2.75) is 64.1 Å². The molecule has 0 aromatic rings. The molecule has 0 aliphatic rings. The molecule has 0 aliphatic carbocycles. The fourth-order valence-corrected chi connectivity index (χ4v) is 2.72. The first-order valence-corrected chi connectivity index (χ1v) is 10.6. The number of carboxylic acids is 1. The van der Waals surface area contributed by atoms with E-state index in [1.807, 2.05) is 0 Å². The van der Waals surface area contributed by atoms with E-state index >= 15 is 0 Å². The predicted molar refractivity (Wildman–Crippen MR) is 120 cm³/mol. The lowest BCUT2D eigenvalue weighted by atomic mass is 10.0. The summed E-state index contributed by atoms with van der Waals surface area (Å²) in [6.07, 6.45) is 2.33. The third kappa shape index (κ3) is 12.7. The van der Waals surface area contributed by atoms with Gasteiger partial charge in [-0.25, -0.2) is 4.79 Å². The monoisotopic (exact) mass is 458 g/mol. The Bertz CT molecular complexity index is 652. The molecule has 0 bridgehead atoms. The van der Waals surface area contributed by atoms with E-state index in [2.05, 4.69) is 20.9 Å². The molecule has 0 heterocycles. The minimum Gasteiger partial charge on any atom is -0.480 e. The Morgan fingerprint density at radius 1 is 0.969 bits per heavy atom. The molecular weight excluding hydrogens is 420 g/mol. The van der Waals surface area contributed by atoms with Gasteiger partial charge in [0.1, 0.15) is 12.1 Å². The van der Waals surface area contributed by atoms with Crippen molar-refractivity contribution in [3.8, 4) is 0 Å². The van der Waals surface area contributed by atoms with Crippen LogP contribution >= 0.6 is 0 Å². The standard InChI is InChI=1S/C19H38N8O5/c1-11(2)15(27-16(29)12(21)6-3-4-8-20)17(30)25-10-14(28)26-13(18(31)32)7-5-9-24-19(22)23/h11-13,15H,3-10,20-21H2,1-2H3,(H,25,30)(H,26,28)(H,27,29)(H,31,32)(H4,22,23,24). The maximum atomic E-state index is 12.5. The molecule has 0 saturated carbocycles. The SMILES string of the molecule is CC(C)C(NC(=O)C(N)CCCCN)C(=O)NCC(=O)NC(CCCN=C(N)N)C(=O)O. The summed E-state index contributed by atoms with van der Waals surface area (Å²) in [6, 6.07) is -2.82. The third-order valence-electron chi connectivity index (χ3n) is 4.55. The quantitative estimate of drug-likeness (QED) is 0.0681. The fourth-order valence-electron chi connectivity index (χ4n) is 2.72. The Morgan fingerprint density at radius 3 is 2.16 bits per heavy atom. The molecule has 13 heteroatoms. The molecule has 184 valence electrons. The summed E-state index contributed by atoms with van der Waals surface area (Å²) >= 11 is 0. The van der Waals surface area contributed by atoms with Gasteiger partial charge in [0.25, 0.3) is 0 Å². The Morgan fingerprint density at radius 2 is 1.62 bits per heavy atom. The van der Waals surface area contributed by atoms with Gasteiger partial charge in [-0.05, 0) is 38.1 Å². The van der Waals surface area contributed by atoms with Crippen molar-refractivity contribution in [3.05, 3.63) is 0 Å². The van der Waals surface area contributed by atoms with E-state index in [1.165, 1.54) is 0 Å². The van der Waals surface area contributed by atoms with E-state index in [0.717, 1.165) is 6.42 Å². The lowest BCUT2D eigenvalue weighted by molar-refractivity contribution is -0.142. The minimum atomic E-state index is -1.22. The second-order valence-electron chi connectivity index (χ2n) is 7.75. The number of hydrogen-bond acceptors (Lipinski definition) is 7. The Balaban J connectivity index is 4.67. The number of guanidine groups is 1. The van der Waals surface area contributed by atoms with Crippen molar-refractivity contribution in [2.24, 2.45) is 33.8 Å². The molecule has 0 aliphatic heterocycles. The van der Waals surface area contributed by atoms with Gasteiger partial charge < -0.3 is 44.0 Å². The van der Waals surface area contributed by atoms with Gasteiger partial charge in [0, 0.05) is 6.54 Å². The second kappa shape index (κ2) is 15.8. The van der Waals surface area contributed by atoms with Gasteiger partial charge in [-0.15, -0.1) is 0 Å². The van der Waals surface area contributed by atoms with Gasteiger partial charge in [0.2, 0.25) is 17.7 Å². The van der Waals surface area contributed by atoms with Gasteiger partial charge >= 0.3 is 5.97 Å². The first kappa shape index (κ1) is 29.1. The molecule has 0 aromatic heterocycles. The zero-order valence-corrected chi connectivity index (χ0v) is 18.8. The van der Waals surface area contributed by atoms with Crippen LogP contribution in [0.3, 0.4) is 0 Å². The molecule has 13 nitrogen and oxygen atoms in total. The van der Waals surface area contributed by atoms with E-state index in [-0.39, 0.29) is 24.8 Å². The van der Waals surface area contributed by atoms with Crippen molar-refractivity contribution in [1.29, 1.82) is 0 Å². The van der Waals surface area contributed by atoms with E-state index in [0.29, 0.717) is 25.8 Å². The number of aliphatic carboxylic acids is 1. The molecular formula is C19H38N8O5. The lowest BCUT2D eigenvalue weighted by Crippen LogP contribution is -2.55. The van der Waals surface area contributed by atoms with E-state index in [1.54, 1.807) is 13.8 Å². The van der Waals surface area contributed by atoms with Crippen molar-refractivity contribution < 1.29 is 24.3 Å². The normalized spacial score (nSPS) is 13.5. The Labute approximate surface area is 188 Å². The zero-order valence-electron chi connectivity index (χ0n) is 18.8. The number of rotatable bonds is 16. The summed E-state index contributed by atoms with van der Waals surface area (Å²) in [5.74, 6) is -3.30. The molecule has 3 unspecified atom stereocenters. The summed E-state index contributed by atoms with van der Waals surface area (Å²) in [6.45, 7) is 3.76. The number of nitrogens with one attached hydrogen (secondary N) is 3. The minimum absolute atomic E-state index is 0.105. The highest BCUT2D eigenvalue weighted by Crippen LogP contribution is 2.05. The van der Waals surface area contributed by atoms with Crippen LogP contribution in [0.1, 0.15) is 46.0 Å². The number of nitrogens with two attached hydrogens (primary N) is 4. The molecule has 0 fully saturated rings. The summed E-state index contributed by atoms with van der Waals surface area (Å²) in [5.41, 5.74) is 21.7. The van der Waals surface area contributed by atoms with Crippen molar-refractivity contribution in [1.82, 2.24) is 16.0 Å². The highest BCUT2D eigenvalue weighted by atomic mass is 16.4. The molecule has 0 saturated heterocycles. The van der Waals surface area contributed by atoms with Crippen LogP contribution in [0.25, 0.3) is 0 Å². The summed E-state index contributed by atoms with van der Waals surface area (Å²) in [4.78, 5) is 51.9. The number of nitrogens with zero attached hydrogens (tertiary/aromatic N) is 1. The smallest absolute Gasteiger partial charge is 0.326 e. The van der Waals surface area contributed by atoms with Crippen molar-refractivity contribution >= 4 is 29.7 Å². The molecule has 3 atom stereocenters. The summed E-state index contributed by atoms with van der Waals surface area (Å²) in [5, 5.41) is 16.6. The maximum absolute atomic E-state index is 12.5. The highest BCUT2D eigenvalue weighted by Gasteiger charge is 2.27. The molecule has 12 N–H and O–H groups in total. The fraction of sp³-hybridized carbons (Fsp3) is 0.737. The molecule has 3 amide bonds. The highest BCUT2D eigenvalue weighted by molar-refractivity contribution is 5.92. The molecule has 0 aromatic carbocycles. The van der Waals surface area contributed by atoms with Crippen LogP contribution in [0.15, 0.2) is 4.99 Å². The average molecular weight is 459 g/mol. The van der Waals surface area contributed by atoms with Gasteiger partial charge in [-0.3, -0.25) is 19.4 Å². The molecule has 0 radical (unpaired) electrons. The number of carbonyl (C=O) groups is 4. The predicted octanol–water partition coefficient (Wildman–Crippen LogP) is -2.68. The van der Waals surface area contributed by atoms with Gasteiger partial charge in [0.05, 0.1) is 12.6 Å². The Hall–Kier alpha value is -2.93. The van der Waals surface area contributed by atoms with Crippen LogP contribution in [0.4, 0.5) is 0 Å². The summed E-state index contributed by atoms with van der Waals surface area (Å²) < 4.78 is 0. The molecule has 0 spiro atoms. The Kier molecular flexibility index (Phi) is 14.4.